The third kappa shape index (κ3) is 5.65. The Morgan fingerprint density at radius 1 is 1.24 bits per heavy atom. The smallest absolute Gasteiger partial charge is 0.213 e. The summed E-state index contributed by atoms with van der Waals surface area (Å²) in [7, 11) is -3.46. The molecule has 0 saturated carbocycles. The van der Waals surface area contributed by atoms with Crippen LogP contribution in [0.25, 0.3) is 0 Å². The molecule has 1 unspecified atom stereocenters. The number of nitrogens with two attached hydrogens (primary N) is 1. The third-order valence-electron chi connectivity index (χ3n) is 3.96. The maximum atomic E-state index is 11.1. The molecule has 0 bridgehead atoms. The fourth-order valence-electron chi connectivity index (χ4n) is 2.78. The van der Waals surface area contributed by atoms with Gasteiger partial charge in [0.2, 0.25) is 10.0 Å². The maximum absolute atomic E-state index is 11.1. The maximum Gasteiger partial charge on any atom is 0.213 e. The van der Waals surface area contributed by atoms with E-state index in [1.165, 1.54) is 19.4 Å². The summed E-state index contributed by atoms with van der Waals surface area (Å²) in [6, 6.07) is 8.00. The van der Waals surface area contributed by atoms with Gasteiger partial charge in [0, 0.05) is 18.3 Å². The first-order valence-corrected chi connectivity index (χ1v) is 9.26. The molecule has 0 amide bonds. The monoisotopic (exact) mass is 311 g/mol. The molecule has 0 radical (unpaired) electrons. The van der Waals surface area contributed by atoms with Crippen LogP contribution in [0.1, 0.15) is 31.7 Å². The van der Waals surface area contributed by atoms with Gasteiger partial charge in [-0.05, 0) is 50.0 Å². The molecule has 1 aromatic rings. The number of hydrogen-bond donors (Lipinski definition) is 2. The van der Waals surface area contributed by atoms with Crippen LogP contribution in [0.2, 0.25) is 0 Å². The molecule has 1 aliphatic heterocycles. The van der Waals surface area contributed by atoms with Gasteiger partial charge in [0.05, 0.1) is 5.75 Å². The van der Waals surface area contributed by atoms with Crippen LogP contribution in [0.5, 0.6) is 0 Å². The number of nitrogens with zero attached hydrogens (tertiary/aromatic N) is 1. The summed E-state index contributed by atoms with van der Waals surface area (Å²) in [6.07, 6.45) is 3.54. The molecule has 1 heterocycles. The number of nitrogens with one attached hydrogen (secondary N) is 1. The molecule has 0 aromatic heterocycles. The molecule has 3 N–H and O–H groups in total. The van der Waals surface area contributed by atoms with E-state index in [1.54, 1.807) is 0 Å². The van der Waals surface area contributed by atoms with Gasteiger partial charge in [-0.1, -0.05) is 19.1 Å². The lowest BCUT2D eigenvalue weighted by atomic mass is 10.1. The van der Waals surface area contributed by atoms with Crippen LogP contribution in [0, 0.1) is 0 Å². The van der Waals surface area contributed by atoms with Gasteiger partial charge in [-0.2, -0.15) is 0 Å². The van der Waals surface area contributed by atoms with Crippen molar-refractivity contribution in [3.63, 3.8) is 0 Å². The highest BCUT2D eigenvalue weighted by molar-refractivity contribution is 7.88. The van der Waals surface area contributed by atoms with E-state index in [0.717, 1.165) is 30.8 Å². The first kappa shape index (κ1) is 16.3. The number of anilines is 1. The topological polar surface area (TPSA) is 75.4 Å². The fraction of sp³-hybridized carbons (Fsp3) is 0.600. The van der Waals surface area contributed by atoms with Crippen LogP contribution in [0.4, 0.5) is 5.69 Å². The highest BCUT2D eigenvalue weighted by Crippen LogP contribution is 2.18. The predicted molar refractivity (Wildman–Crippen MR) is 86.6 cm³/mol. The quantitative estimate of drug-likeness (QED) is 0.869. The second-order valence-electron chi connectivity index (χ2n) is 5.71. The van der Waals surface area contributed by atoms with Gasteiger partial charge in [-0.15, -0.1) is 0 Å². The van der Waals surface area contributed by atoms with Crippen LogP contribution >= 0.6 is 0 Å². The highest BCUT2D eigenvalue weighted by Gasteiger charge is 2.15. The first-order valence-electron chi connectivity index (χ1n) is 7.54. The van der Waals surface area contributed by atoms with Gasteiger partial charge in [-0.25, -0.2) is 13.6 Å². The zero-order chi connectivity index (χ0) is 15.3. The van der Waals surface area contributed by atoms with E-state index in [-0.39, 0.29) is 5.75 Å². The van der Waals surface area contributed by atoms with Crippen molar-refractivity contribution in [2.45, 2.75) is 38.0 Å². The van der Waals surface area contributed by atoms with Crippen LogP contribution in [-0.2, 0) is 15.8 Å². The number of primary sulfonamides is 1. The van der Waals surface area contributed by atoms with Gasteiger partial charge >= 0.3 is 0 Å². The van der Waals surface area contributed by atoms with E-state index in [0.29, 0.717) is 6.04 Å². The molecule has 0 spiro atoms. The molecule has 1 aliphatic rings. The van der Waals surface area contributed by atoms with Crippen LogP contribution in [0.15, 0.2) is 24.3 Å². The Morgan fingerprint density at radius 2 is 1.95 bits per heavy atom. The van der Waals surface area contributed by atoms with Crippen molar-refractivity contribution in [2.24, 2.45) is 5.14 Å². The Bertz CT molecular complexity index is 543. The second-order valence-corrected chi connectivity index (χ2v) is 7.32. The Labute approximate surface area is 127 Å². The normalized spacial score (nSPS) is 21.0. The van der Waals surface area contributed by atoms with Crippen molar-refractivity contribution in [1.82, 2.24) is 4.90 Å². The van der Waals surface area contributed by atoms with Gasteiger partial charge in [0.15, 0.2) is 0 Å². The Balaban J connectivity index is 1.91. The largest absolute Gasteiger partial charge is 0.382 e. The van der Waals surface area contributed by atoms with E-state index in [9.17, 15) is 8.42 Å². The van der Waals surface area contributed by atoms with Crippen molar-refractivity contribution in [2.75, 3.05) is 25.0 Å². The van der Waals surface area contributed by atoms with E-state index >= 15 is 0 Å². The minimum absolute atomic E-state index is 0.109. The molecule has 2 rings (SSSR count). The SMILES string of the molecule is CCN1CCCC(Nc2ccc(CS(N)(=O)=O)cc2)CC1. The van der Waals surface area contributed by atoms with Gasteiger partial charge in [0.25, 0.3) is 0 Å². The van der Waals surface area contributed by atoms with E-state index in [2.05, 4.69) is 17.1 Å². The minimum Gasteiger partial charge on any atom is -0.382 e. The number of benzene rings is 1. The second kappa shape index (κ2) is 7.24. The summed E-state index contributed by atoms with van der Waals surface area (Å²) in [5, 5.41) is 8.60. The van der Waals surface area contributed by atoms with Crippen LogP contribution < -0.4 is 10.5 Å². The lowest BCUT2D eigenvalue weighted by Crippen LogP contribution is -2.26. The predicted octanol–water partition coefficient (Wildman–Crippen LogP) is 1.76. The van der Waals surface area contributed by atoms with Crippen molar-refractivity contribution in [3.05, 3.63) is 29.8 Å². The van der Waals surface area contributed by atoms with E-state index in [1.807, 2.05) is 24.3 Å². The molecule has 6 heteroatoms. The summed E-state index contributed by atoms with van der Waals surface area (Å²) < 4.78 is 22.1. The summed E-state index contributed by atoms with van der Waals surface area (Å²) in [6.45, 7) is 5.65. The molecule has 0 aliphatic carbocycles. The van der Waals surface area contributed by atoms with Crippen LogP contribution in [-0.4, -0.2) is 39.0 Å². The van der Waals surface area contributed by atoms with Crippen molar-refractivity contribution < 1.29 is 8.42 Å². The number of hydrogen-bond acceptors (Lipinski definition) is 4. The lowest BCUT2D eigenvalue weighted by Gasteiger charge is -2.19. The summed E-state index contributed by atoms with van der Waals surface area (Å²) in [4.78, 5) is 2.48. The molecule has 1 fully saturated rings. The van der Waals surface area contributed by atoms with Gasteiger partial charge < -0.3 is 10.2 Å². The molecule has 1 saturated heterocycles. The Morgan fingerprint density at radius 3 is 2.57 bits per heavy atom. The zero-order valence-electron chi connectivity index (χ0n) is 12.6. The molecular weight excluding hydrogens is 286 g/mol. The highest BCUT2D eigenvalue weighted by atomic mass is 32.2. The van der Waals surface area contributed by atoms with Crippen molar-refractivity contribution >= 4 is 15.7 Å². The fourth-order valence-corrected chi connectivity index (χ4v) is 3.44. The minimum atomic E-state index is -3.46. The average Bonchev–Trinajstić information content (AvgIpc) is 2.64. The molecule has 1 atom stereocenters. The van der Waals surface area contributed by atoms with Gasteiger partial charge in [0.1, 0.15) is 0 Å². The molecule has 21 heavy (non-hydrogen) atoms. The van der Waals surface area contributed by atoms with Gasteiger partial charge in [-0.3, -0.25) is 0 Å². The lowest BCUT2D eigenvalue weighted by molar-refractivity contribution is 0.300. The first-order chi connectivity index (χ1) is 9.96. The number of likely N-dealkylation sites (tertiary alicyclic amines) is 1. The molecule has 118 valence electrons. The summed E-state index contributed by atoms with van der Waals surface area (Å²) in [5.41, 5.74) is 1.77. The summed E-state index contributed by atoms with van der Waals surface area (Å²) >= 11 is 0. The molecule has 5 nitrogen and oxygen atoms in total. The number of rotatable bonds is 5. The number of sulfonamides is 1. The molecule has 1 aromatic carbocycles. The van der Waals surface area contributed by atoms with E-state index < -0.39 is 10.0 Å². The zero-order valence-corrected chi connectivity index (χ0v) is 13.4. The Hall–Kier alpha value is -1.11. The standard InChI is InChI=1S/C15H25N3O2S/c1-2-18-10-3-4-14(9-11-18)17-15-7-5-13(6-8-15)12-21(16,19)20/h5-8,14,17H,2-4,9-12H2,1H3,(H2,16,19,20). The third-order valence-corrected chi connectivity index (χ3v) is 4.70. The average molecular weight is 311 g/mol. The van der Waals surface area contributed by atoms with Crippen molar-refractivity contribution in [1.29, 1.82) is 0 Å². The van der Waals surface area contributed by atoms with Crippen molar-refractivity contribution in [3.8, 4) is 0 Å². The summed E-state index contributed by atoms with van der Waals surface area (Å²) in [5.74, 6) is -0.109. The molecular formula is C15H25N3O2S. The van der Waals surface area contributed by atoms with E-state index in [4.69, 9.17) is 5.14 Å². The van der Waals surface area contributed by atoms with Crippen LogP contribution in [0.3, 0.4) is 0 Å². The Kier molecular flexibility index (Phi) is 5.61.